The lowest BCUT2D eigenvalue weighted by molar-refractivity contribution is -0.128. The largest absolute Gasteiger partial charge is 0.385 e. The van der Waals surface area contributed by atoms with E-state index in [9.17, 15) is 14.7 Å². The van der Waals surface area contributed by atoms with Crippen molar-refractivity contribution in [3.63, 3.8) is 0 Å². The van der Waals surface area contributed by atoms with Gasteiger partial charge in [0.1, 0.15) is 6.10 Å². The molecule has 0 aliphatic carbocycles. The fourth-order valence-corrected chi connectivity index (χ4v) is 1.62. The quantitative estimate of drug-likeness (QED) is 0.633. The summed E-state index contributed by atoms with van der Waals surface area (Å²) in [7, 11) is 0. The molecule has 4 heteroatoms. The van der Waals surface area contributed by atoms with E-state index in [2.05, 4.69) is 5.32 Å². The lowest BCUT2D eigenvalue weighted by Crippen LogP contribution is -2.35. The molecule has 0 rings (SSSR count). The molecule has 0 radical (unpaired) electrons. The van der Waals surface area contributed by atoms with Crippen LogP contribution >= 0.6 is 0 Å². The van der Waals surface area contributed by atoms with E-state index in [0.717, 1.165) is 19.3 Å². The highest BCUT2D eigenvalue weighted by Crippen LogP contribution is 2.12. The molecule has 0 aromatic carbocycles. The van der Waals surface area contributed by atoms with Crippen molar-refractivity contribution in [3.8, 4) is 0 Å². The van der Waals surface area contributed by atoms with E-state index >= 15 is 0 Å². The van der Waals surface area contributed by atoms with Gasteiger partial charge in [0, 0.05) is 18.4 Å². The van der Waals surface area contributed by atoms with Crippen LogP contribution in [0.5, 0.6) is 0 Å². The molecule has 112 valence electrons. The molecular formula is C15H29NO3. The number of hydrogen-bond acceptors (Lipinski definition) is 3. The van der Waals surface area contributed by atoms with Crippen molar-refractivity contribution in [2.75, 3.05) is 6.54 Å². The topological polar surface area (TPSA) is 66.4 Å². The highest BCUT2D eigenvalue weighted by Gasteiger charge is 2.20. The van der Waals surface area contributed by atoms with Crippen molar-refractivity contribution in [1.29, 1.82) is 0 Å². The lowest BCUT2D eigenvalue weighted by atomic mass is 9.95. The minimum absolute atomic E-state index is 0.0295. The molecule has 2 N–H and O–H groups in total. The van der Waals surface area contributed by atoms with Crippen molar-refractivity contribution < 1.29 is 14.7 Å². The standard InChI is InChI=1S/C15H29NO3/c1-5-6-9-12(17)13(18)10-7-8-11-16-14(19)15(2,3)4/h12,17H,5-11H2,1-4H3,(H,16,19). The second kappa shape index (κ2) is 9.08. The average molecular weight is 271 g/mol. The zero-order valence-corrected chi connectivity index (χ0v) is 12.8. The van der Waals surface area contributed by atoms with Crippen LogP contribution in [0.3, 0.4) is 0 Å². The van der Waals surface area contributed by atoms with Gasteiger partial charge in [0.25, 0.3) is 0 Å². The summed E-state index contributed by atoms with van der Waals surface area (Å²) >= 11 is 0. The summed E-state index contributed by atoms with van der Waals surface area (Å²) in [5.74, 6) is -0.0441. The van der Waals surface area contributed by atoms with E-state index in [1.54, 1.807) is 0 Å². The first kappa shape index (κ1) is 18.1. The molecule has 0 fully saturated rings. The van der Waals surface area contributed by atoms with Crippen LogP contribution in [-0.4, -0.2) is 29.4 Å². The summed E-state index contributed by atoms with van der Waals surface area (Å²) in [5.41, 5.74) is -0.369. The lowest BCUT2D eigenvalue weighted by Gasteiger charge is -2.17. The molecule has 0 aromatic heterocycles. The highest BCUT2D eigenvalue weighted by molar-refractivity contribution is 5.82. The van der Waals surface area contributed by atoms with Gasteiger partial charge in [-0.15, -0.1) is 0 Å². The number of carbonyl (C=O) groups excluding carboxylic acids is 2. The molecule has 19 heavy (non-hydrogen) atoms. The number of carbonyl (C=O) groups is 2. The number of unbranched alkanes of at least 4 members (excludes halogenated alkanes) is 2. The third-order valence-corrected chi connectivity index (χ3v) is 3.02. The molecule has 0 aromatic rings. The first-order chi connectivity index (χ1) is 8.79. The van der Waals surface area contributed by atoms with Gasteiger partial charge in [-0.05, 0) is 19.3 Å². The van der Waals surface area contributed by atoms with Gasteiger partial charge in [-0.3, -0.25) is 9.59 Å². The predicted octanol–water partition coefficient (Wildman–Crippen LogP) is 2.44. The third kappa shape index (κ3) is 8.76. The molecule has 4 nitrogen and oxygen atoms in total. The van der Waals surface area contributed by atoms with Gasteiger partial charge in [0.15, 0.2) is 5.78 Å². The molecule has 1 unspecified atom stereocenters. The van der Waals surface area contributed by atoms with Crippen molar-refractivity contribution in [2.24, 2.45) is 5.41 Å². The normalized spacial score (nSPS) is 13.1. The number of Topliss-reactive ketones (excluding diaryl/α,β-unsaturated/α-hetero) is 1. The first-order valence-electron chi connectivity index (χ1n) is 7.28. The van der Waals surface area contributed by atoms with Gasteiger partial charge in [0.05, 0.1) is 0 Å². The molecule has 0 aliphatic heterocycles. The Kier molecular flexibility index (Phi) is 8.65. The Balaban J connectivity index is 3.64. The smallest absolute Gasteiger partial charge is 0.225 e. The Hall–Kier alpha value is -0.900. The molecule has 0 spiro atoms. The summed E-state index contributed by atoms with van der Waals surface area (Å²) in [6, 6.07) is 0. The second-order valence-corrected chi connectivity index (χ2v) is 6.09. The fourth-order valence-electron chi connectivity index (χ4n) is 1.62. The SMILES string of the molecule is CCCCC(O)C(=O)CCCCNC(=O)C(C)(C)C. The minimum Gasteiger partial charge on any atom is -0.385 e. The average Bonchev–Trinajstić information content (AvgIpc) is 2.33. The van der Waals surface area contributed by atoms with Crippen molar-refractivity contribution >= 4 is 11.7 Å². The number of nitrogens with one attached hydrogen (secondary N) is 1. The number of aliphatic hydroxyl groups is 1. The maximum atomic E-state index is 11.6. The van der Waals surface area contributed by atoms with Crippen molar-refractivity contribution in [1.82, 2.24) is 5.32 Å². The van der Waals surface area contributed by atoms with E-state index in [-0.39, 0.29) is 17.1 Å². The molecule has 0 saturated carbocycles. The van der Waals surface area contributed by atoms with Crippen LogP contribution < -0.4 is 5.32 Å². The van der Waals surface area contributed by atoms with Gasteiger partial charge in [-0.2, -0.15) is 0 Å². The number of aliphatic hydroxyl groups excluding tert-OH is 1. The number of rotatable bonds is 9. The Labute approximate surface area is 117 Å². The molecular weight excluding hydrogens is 242 g/mol. The third-order valence-electron chi connectivity index (χ3n) is 3.02. The first-order valence-corrected chi connectivity index (χ1v) is 7.28. The van der Waals surface area contributed by atoms with Crippen LogP contribution in [-0.2, 0) is 9.59 Å². The Morgan fingerprint density at radius 1 is 1.16 bits per heavy atom. The van der Waals surface area contributed by atoms with E-state index < -0.39 is 6.10 Å². The summed E-state index contributed by atoms with van der Waals surface area (Å²) < 4.78 is 0. The zero-order valence-electron chi connectivity index (χ0n) is 12.8. The van der Waals surface area contributed by atoms with Gasteiger partial charge in [-0.25, -0.2) is 0 Å². The van der Waals surface area contributed by atoms with Gasteiger partial charge < -0.3 is 10.4 Å². The Bertz CT molecular complexity index is 282. The van der Waals surface area contributed by atoms with Crippen molar-refractivity contribution in [2.45, 2.75) is 72.3 Å². The highest BCUT2D eigenvalue weighted by atomic mass is 16.3. The molecule has 1 amide bonds. The number of ketones is 1. The monoisotopic (exact) mass is 271 g/mol. The maximum Gasteiger partial charge on any atom is 0.225 e. The summed E-state index contributed by atoms with van der Waals surface area (Å²) in [4.78, 5) is 23.1. The van der Waals surface area contributed by atoms with Crippen molar-refractivity contribution in [3.05, 3.63) is 0 Å². The van der Waals surface area contributed by atoms with E-state index in [4.69, 9.17) is 0 Å². The number of hydrogen-bond donors (Lipinski definition) is 2. The zero-order chi connectivity index (χ0) is 14.9. The molecule has 0 saturated heterocycles. The predicted molar refractivity (Wildman–Crippen MR) is 76.9 cm³/mol. The number of amides is 1. The van der Waals surface area contributed by atoms with Crippen LogP contribution in [0.2, 0.25) is 0 Å². The summed E-state index contributed by atoms with van der Waals surface area (Å²) in [6.45, 7) is 8.24. The Morgan fingerprint density at radius 2 is 1.79 bits per heavy atom. The van der Waals surface area contributed by atoms with E-state index in [0.29, 0.717) is 25.8 Å². The molecule has 0 heterocycles. The Morgan fingerprint density at radius 3 is 2.32 bits per heavy atom. The summed E-state index contributed by atoms with van der Waals surface area (Å²) in [6.07, 6.45) is 3.52. The van der Waals surface area contributed by atoms with Gasteiger partial charge in [0.2, 0.25) is 5.91 Å². The fraction of sp³-hybridized carbons (Fsp3) is 0.867. The van der Waals surface area contributed by atoms with Gasteiger partial charge >= 0.3 is 0 Å². The van der Waals surface area contributed by atoms with Crippen LogP contribution in [0.4, 0.5) is 0 Å². The van der Waals surface area contributed by atoms with Crippen LogP contribution in [0.1, 0.15) is 66.2 Å². The molecule has 0 aliphatic rings. The summed E-state index contributed by atoms with van der Waals surface area (Å²) in [5, 5.41) is 12.4. The van der Waals surface area contributed by atoms with E-state index in [1.807, 2.05) is 27.7 Å². The minimum atomic E-state index is -0.802. The second-order valence-electron chi connectivity index (χ2n) is 6.09. The van der Waals surface area contributed by atoms with Gasteiger partial charge in [-0.1, -0.05) is 40.5 Å². The van der Waals surface area contributed by atoms with Crippen LogP contribution in [0.15, 0.2) is 0 Å². The maximum absolute atomic E-state index is 11.6. The molecule has 1 atom stereocenters. The van der Waals surface area contributed by atoms with Crippen LogP contribution in [0.25, 0.3) is 0 Å². The molecule has 0 bridgehead atoms. The van der Waals surface area contributed by atoms with E-state index in [1.165, 1.54) is 0 Å². The van der Waals surface area contributed by atoms with Crippen LogP contribution in [0, 0.1) is 5.41 Å².